The second-order valence-corrected chi connectivity index (χ2v) is 5.12. The molecule has 0 aliphatic carbocycles. The van der Waals surface area contributed by atoms with Crippen molar-refractivity contribution in [3.05, 3.63) is 0 Å². The summed E-state index contributed by atoms with van der Waals surface area (Å²) in [5.74, 6) is 0. The second kappa shape index (κ2) is 5.83. The molecule has 2 unspecified atom stereocenters. The number of nitrogens with zero attached hydrogens (tertiary/aromatic N) is 1. The Morgan fingerprint density at radius 3 is 2.40 bits per heavy atom. The van der Waals surface area contributed by atoms with E-state index in [1.807, 2.05) is 7.05 Å². The Labute approximate surface area is 93.9 Å². The molecular weight excluding hydrogens is 188 g/mol. The van der Waals surface area contributed by atoms with Crippen LogP contribution in [0.4, 0.5) is 0 Å². The van der Waals surface area contributed by atoms with E-state index in [2.05, 4.69) is 24.1 Å². The maximum Gasteiger partial charge on any atom is 0.0611 e. The van der Waals surface area contributed by atoms with Gasteiger partial charge >= 0.3 is 0 Å². The summed E-state index contributed by atoms with van der Waals surface area (Å²) in [6.07, 6.45) is 5.06. The van der Waals surface area contributed by atoms with Crippen LogP contribution >= 0.6 is 0 Å². The molecule has 1 fully saturated rings. The van der Waals surface area contributed by atoms with Crippen molar-refractivity contribution >= 4 is 0 Å². The SMILES string of the molecule is CNC(C)(CO)CC(C)N1CCCCC1. The van der Waals surface area contributed by atoms with Gasteiger partial charge in [0.05, 0.1) is 6.61 Å². The fourth-order valence-electron chi connectivity index (χ4n) is 2.39. The highest BCUT2D eigenvalue weighted by Crippen LogP contribution is 2.19. The zero-order valence-electron chi connectivity index (χ0n) is 10.4. The third kappa shape index (κ3) is 3.74. The first-order valence-electron chi connectivity index (χ1n) is 6.15. The maximum atomic E-state index is 9.35. The van der Waals surface area contributed by atoms with Crippen molar-refractivity contribution < 1.29 is 5.11 Å². The minimum Gasteiger partial charge on any atom is -0.394 e. The van der Waals surface area contributed by atoms with Gasteiger partial charge in [0, 0.05) is 11.6 Å². The largest absolute Gasteiger partial charge is 0.394 e. The Kier molecular flexibility index (Phi) is 5.03. The lowest BCUT2D eigenvalue weighted by molar-refractivity contribution is 0.107. The van der Waals surface area contributed by atoms with E-state index in [-0.39, 0.29) is 12.1 Å². The van der Waals surface area contributed by atoms with Crippen LogP contribution in [0.25, 0.3) is 0 Å². The van der Waals surface area contributed by atoms with Crippen molar-refractivity contribution in [3.63, 3.8) is 0 Å². The Bertz CT molecular complexity index is 174. The van der Waals surface area contributed by atoms with E-state index in [4.69, 9.17) is 0 Å². The van der Waals surface area contributed by atoms with E-state index in [1.165, 1.54) is 32.4 Å². The third-order valence-electron chi connectivity index (χ3n) is 3.71. The van der Waals surface area contributed by atoms with Crippen molar-refractivity contribution in [1.82, 2.24) is 10.2 Å². The van der Waals surface area contributed by atoms with Gasteiger partial charge in [0.2, 0.25) is 0 Å². The molecular formula is C12H26N2O. The molecule has 1 heterocycles. The van der Waals surface area contributed by atoms with E-state index in [1.54, 1.807) is 0 Å². The van der Waals surface area contributed by atoms with Crippen LogP contribution in [0.5, 0.6) is 0 Å². The van der Waals surface area contributed by atoms with Crippen molar-refractivity contribution in [3.8, 4) is 0 Å². The van der Waals surface area contributed by atoms with E-state index in [9.17, 15) is 5.11 Å². The Morgan fingerprint density at radius 2 is 1.93 bits per heavy atom. The molecule has 2 N–H and O–H groups in total. The van der Waals surface area contributed by atoms with Gasteiger partial charge in [0.15, 0.2) is 0 Å². The van der Waals surface area contributed by atoms with Crippen LogP contribution in [-0.4, -0.2) is 48.3 Å². The number of rotatable bonds is 5. The lowest BCUT2D eigenvalue weighted by Gasteiger charge is -2.37. The first kappa shape index (κ1) is 12.9. The van der Waals surface area contributed by atoms with Gasteiger partial charge < -0.3 is 15.3 Å². The molecule has 1 aliphatic rings. The van der Waals surface area contributed by atoms with Crippen molar-refractivity contribution in [2.24, 2.45) is 0 Å². The first-order valence-corrected chi connectivity index (χ1v) is 6.15. The Hall–Kier alpha value is -0.120. The van der Waals surface area contributed by atoms with Crippen LogP contribution in [0, 0.1) is 0 Å². The molecule has 1 saturated heterocycles. The summed E-state index contributed by atoms with van der Waals surface area (Å²) >= 11 is 0. The highest BCUT2D eigenvalue weighted by molar-refractivity contribution is 4.86. The van der Waals surface area contributed by atoms with Gasteiger partial charge in [-0.25, -0.2) is 0 Å². The molecule has 0 radical (unpaired) electrons. The number of aliphatic hydroxyl groups excluding tert-OH is 1. The molecule has 2 atom stereocenters. The molecule has 0 aromatic heterocycles. The van der Waals surface area contributed by atoms with Gasteiger partial charge in [-0.2, -0.15) is 0 Å². The molecule has 1 rings (SSSR count). The zero-order chi connectivity index (χ0) is 11.3. The summed E-state index contributed by atoms with van der Waals surface area (Å²) in [6.45, 7) is 7.03. The maximum absolute atomic E-state index is 9.35. The molecule has 3 heteroatoms. The zero-order valence-corrected chi connectivity index (χ0v) is 10.4. The van der Waals surface area contributed by atoms with Crippen LogP contribution in [0.15, 0.2) is 0 Å². The fraction of sp³-hybridized carbons (Fsp3) is 1.00. The number of likely N-dealkylation sites (tertiary alicyclic amines) is 1. The van der Waals surface area contributed by atoms with Crippen LogP contribution < -0.4 is 5.32 Å². The van der Waals surface area contributed by atoms with Crippen molar-refractivity contribution in [2.75, 3.05) is 26.7 Å². The molecule has 1 aliphatic heterocycles. The normalized spacial score (nSPS) is 24.8. The third-order valence-corrected chi connectivity index (χ3v) is 3.71. The molecule has 0 aromatic rings. The summed E-state index contributed by atoms with van der Waals surface area (Å²) in [6, 6.07) is 0.565. The molecule has 0 amide bonds. The first-order chi connectivity index (χ1) is 7.11. The van der Waals surface area contributed by atoms with Crippen LogP contribution in [0.2, 0.25) is 0 Å². The average molecular weight is 214 g/mol. The van der Waals surface area contributed by atoms with Gasteiger partial charge in [-0.05, 0) is 53.2 Å². The Morgan fingerprint density at radius 1 is 1.33 bits per heavy atom. The highest BCUT2D eigenvalue weighted by Gasteiger charge is 2.27. The topological polar surface area (TPSA) is 35.5 Å². The minimum absolute atomic E-state index is 0.128. The lowest BCUT2D eigenvalue weighted by atomic mass is 9.93. The van der Waals surface area contributed by atoms with E-state index >= 15 is 0 Å². The average Bonchev–Trinajstić information content (AvgIpc) is 2.30. The van der Waals surface area contributed by atoms with Gasteiger partial charge in [0.25, 0.3) is 0 Å². The number of nitrogens with one attached hydrogen (secondary N) is 1. The smallest absolute Gasteiger partial charge is 0.0611 e. The molecule has 3 nitrogen and oxygen atoms in total. The van der Waals surface area contributed by atoms with Gasteiger partial charge in [-0.1, -0.05) is 6.42 Å². The van der Waals surface area contributed by atoms with Crippen molar-refractivity contribution in [1.29, 1.82) is 0 Å². The monoisotopic (exact) mass is 214 g/mol. The number of hydrogen-bond donors (Lipinski definition) is 2. The lowest BCUT2D eigenvalue weighted by Crippen LogP contribution is -2.49. The second-order valence-electron chi connectivity index (χ2n) is 5.12. The summed E-state index contributed by atoms with van der Waals surface area (Å²) in [5, 5.41) is 12.6. The molecule has 90 valence electrons. The van der Waals surface area contributed by atoms with E-state index in [0.29, 0.717) is 6.04 Å². The predicted octanol–water partition coefficient (Wildman–Crippen LogP) is 1.22. The highest BCUT2D eigenvalue weighted by atomic mass is 16.3. The number of piperidine rings is 1. The summed E-state index contributed by atoms with van der Waals surface area (Å²) < 4.78 is 0. The summed E-state index contributed by atoms with van der Waals surface area (Å²) in [5.41, 5.74) is -0.128. The van der Waals surface area contributed by atoms with Crippen LogP contribution in [-0.2, 0) is 0 Å². The molecule has 0 aromatic carbocycles. The Balaban J connectivity index is 2.41. The number of aliphatic hydroxyl groups is 1. The molecule has 0 saturated carbocycles. The van der Waals surface area contributed by atoms with Gasteiger partial charge in [0.1, 0.15) is 0 Å². The van der Waals surface area contributed by atoms with E-state index < -0.39 is 0 Å². The van der Waals surface area contributed by atoms with Crippen LogP contribution in [0.1, 0.15) is 39.5 Å². The molecule has 15 heavy (non-hydrogen) atoms. The fourth-order valence-corrected chi connectivity index (χ4v) is 2.39. The predicted molar refractivity (Wildman–Crippen MR) is 64.1 cm³/mol. The summed E-state index contributed by atoms with van der Waals surface area (Å²) in [7, 11) is 1.93. The molecule has 0 spiro atoms. The molecule has 0 bridgehead atoms. The van der Waals surface area contributed by atoms with Crippen molar-refractivity contribution in [2.45, 2.75) is 51.1 Å². The number of hydrogen-bond acceptors (Lipinski definition) is 3. The van der Waals surface area contributed by atoms with E-state index in [0.717, 1.165) is 6.42 Å². The summed E-state index contributed by atoms with van der Waals surface area (Å²) in [4.78, 5) is 2.55. The van der Waals surface area contributed by atoms with Gasteiger partial charge in [-0.15, -0.1) is 0 Å². The minimum atomic E-state index is -0.128. The quantitative estimate of drug-likeness (QED) is 0.722. The number of likely N-dealkylation sites (N-methyl/N-ethyl adjacent to an activating group) is 1. The van der Waals surface area contributed by atoms with Crippen LogP contribution in [0.3, 0.4) is 0 Å². The standard InChI is InChI=1S/C12H26N2O/c1-11(9-12(2,10-15)13-3)14-7-5-4-6-8-14/h11,13,15H,4-10H2,1-3H3. The van der Waals surface area contributed by atoms with Gasteiger partial charge in [-0.3, -0.25) is 0 Å².